The number of ether oxygens (including phenoxy) is 2. The fraction of sp³-hybridized carbons (Fsp3) is 0.227. The van der Waals surface area contributed by atoms with E-state index in [4.69, 9.17) is 9.47 Å². The van der Waals surface area contributed by atoms with Gasteiger partial charge in [-0.1, -0.05) is 36.4 Å². The first-order chi connectivity index (χ1) is 12.4. The minimum Gasteiger partial charge on any atom is -0.456 e. The topological polar surface area (TPSA) is 35.5 Å². The van der Waals surface area contributed by atoms with Crippen LogP contribution in [0.5, 0.6) is 11.5 Å². The zero-order valence-corrected chi connectivity index (χ0v) is 15.8. The maximum atomic E-state index is 13.0. The first kappa shape index (κ1) is 16.9. The number of rotatable bonds is 2. The fourth-order valence-corrected chi connectivity index (χ4v) is 3.89. The molecule has 1 aromatic heterocycles. The van der Waals surface area contributed by atoms with Crippen molar-refractivity contribution in [2.45, 2.75) is 26.4 Å². The SMILES string of the molecule is CC(C)(C)C(=O)OC1(c2ccsc2)c2ccccc2Oc2ccccc21. The summed E-state index contributed by atoms with van der Waals surface area (Å²) >= 11 is 1.58. The molecule has 1 aliphatic heterocycles. The lowest BCUT2D eigenvalue weighted by Crippen LogP contribution is -2.40. The van der Waals surface area contributed by atoms with E-state index in [-0.39, 0.29) is 5.97 Å². The molecule has 1 aliphatic rings. The Balaban J connectivity index is 2.03. The van der Waals surface area contributed by atoms with Crippen LogP contribution in [0.1, 0.15) is 37.5 Å². The molecule has 0 aliphatic carbocycles. The Morgan fingerprint density at radius 1 is 0.962 bits per heavy atom. The van der Waals surface area contributed by atoms with Gasteiger partial charge in [0.1, 0.15) is 11.5 Å². The monoisotopic (exact) mass is 364 g/mol. The Hall–Kier alpha value is -2.59. The highest BCUT2D eigenvalue weighted by Crippen LogP contribution is 2.53. The minimum atomic E-state index is -1.02. The molecule has 3 aromatic rings. The van der Waals surface area contributed by atoms with Gasteiger partial charge in [0.2, 0.25) is 0 Å². The highest BCUT2D eigenvalue weighted by molar-refractivity contribution is 7.08. The number of carbonyl (C=O) groups excluding carboxylic acids is 1. The van der Waals surface area contributed by atoms with E-state index >= 15 is 0 Å². The molecular formula is C22H20O3S. The van der Waals surface area contributed by atoms with Gasteiger partial charge in [0.25, 0.3) is 0 Å². The standard InChI is InChI=1S/C22H20O3S/c1-21(2,3)20(23)25-22(15-12-13-26-14-15)16-8-4-6-10-18(16)24-19-11-7-5-9-17(19)22/h4-14H,1-3H3. The molecule has 0 bridgehead atoms. The Bertz CT molecular complexity index is 906. The Kier molecular flexibility index (Phi) is 3.88. The number of hydrogen-bond acceptors (Lipinski definition) is 4. The van der Waals surface area contributed by atoms with Crippen LogP contribution in [0.2, 0.25) is 0 Å². The fourth-order valence-electron chi connectivity index (χ4n) is 3.19. The summed E-state index contributed by atoms with van der Waals surface area (Å²) in [5.74, 6) is 1.16. The van der Waals surface area contributed by atoms with Crippen molar-refractivity contribution in [1.82, 2.24) is 0 Å². The zero-order chi connectivity index (χ0) is 18.4. The van der Waals surface area contributed by atoms with Gasteiger partial charge in [0.05, 0.1) is 5.41 Å². The van der Waals surface area contributed by atoms with Gasteiger partial charge in [-0.15, -0.1) is 0 Å². The molecule has 0 saturated carbocycles. The van der Waals surface area contributed by atoms with Crippen molar-refractivity contribution in [3.8, 4) is 11.5 Å². The summed E-state index contributed by atoms with van der Waals surface area (Å²) in [7, 11) is 0. The van der Waals surface area contributed by atoms with Crippen LogP contribution in [0, 0.1) is 5.41 Å². The van der Waals surface area contributed by atoms with Crippen LogP contribution in [0.4, 0.5) is 0 Å². The third kappa shape index (κ3) is 2.53. The quantitative estimate of drug-likeness (QED) is 0.544. The second-order valence-corrected chi connectivity index (χ2v) is 8.21. The number of thiophene rings is 1. The summed E-state index contributed by atoms with van der Waals surface area (Å²) in [4.78, 5) is 13.0. The molecule has 0 saturated heterocycles. The molecule has 26 heavy (non-hydrogen) atoms. The molecule has 3 nitrogen and oxygen atoms in total. The van der Waals surface area contributed by atoms with Gasteiger partial charge in [-0.05, 0) is 49.7 Å². The van der Waals surface area contributed by atoms with Crippen LogP contribution in [0.25, 0.3) is 0 Å². The van der Waals surface area contributed by atoms with Crippen LogP contribution >= 0.6 is 11.3 Å². The highest BCUT2D eigenvalue weighted by atomic mass is 32.1. The van der Waals surface area contributed by atoms with Crippen molar-refractivity contribution >= 4 is 17.3 Å². The summed E-state index contributed by atoms with van der Waals surface area (Å²) in [6.45, 7) is 5.61. The maximum Gasteiger partial charge on any atom is 0.312 e. The van der Waals surface area contributed by atoms with Crippen molar-refractivity contribution < 1.29 is 14.3 Å². The number of fused-ring (bicyclic) bond motifs is 2. The average molecular weight is 364 g/mol. The van der Waals surface area contributed by atoms with Crippen molar-refractivity contribution in [2.75, 3.05) is 0 Å². The normalized spacial score (nSPS) is 14.7. The molecular weight excluding hydrogens is 344 g/mol. The number of esters is 1. The minimum absolute atomic E-state index is 0.254. The third-order valence-corrected chi connectivity index (χ3v) is 5.22. The second kappa shape index (κ2) is 5.99. The summed E-state index contributed by atoms with van der Waals surface area (Å²) in [6.07, 6.45) is 0. The van der Waals surface area contributed by atoms with E-state index in [1.165, 1.54) is 0 Å². The molecule has 132 valence electrons. The van der Waals surface area contributed by atoms with Crippen molar-refractivity contribution in [1.29, 1.82) is 0 Å². The number of hydrogen-bond donors (Lipinski definition) is 0. The highest BCUT2D eigenvalue weighted by Gasteiger charge is 2.48. The first-order valence-electron chi connectivity index (χ1n) is 8.56. The molecule has 0 radical (unpaired) electrons. The van der Waals surface area contributed by atoms with E-state index < -0.39 is 11.0 Å². The van der Waals surface area contributed by atoms with Crippen molar-refractivity contribution in [3.63, 3.8) is 0 Å². The number of benzene rings is 2. The van der Waals surface area contributed by atoms with Crippen LogP contribution in [0.15, 0.2) is 65.4 Å². The van der Waals surface area contributed by atoms with E-state index in [0.29, 0.717) is 11.5 Å². The predicted molar refractivity (Wildman–Crippen MR) is 103 cm³/mol. The average Bonchev–Trinajstić information content (AvgIpc) is 3.15. The first-order valence-corrected chi connectivity index (χ1v) is 9.50. The van der Waals surface area contributed by atoms with Gasteiger partial charge in [-0.3, -0.25) is 4.79 Å². The molecule has 4 rings (SSSR count). The van der Waals surface area contributed by atoms with Gasteiger partial charge < -0.3 is 9.47 Å². The Morgan fingerprint density at radius 2 is 1.54 bits per heavy atom. The molecule has 0 N–H and O–H groups in total. The molecule has 2 heterocycles. The predicted octanol–water partition coefficient (Wildman–Crippen LogP) is 5.74. The van der Waals surface area contributed by atoms with E-state index in [2.05, 4.69) is 0 Å². The van der Waals surface area contributed by atoms with Crippen LogP contribution in [-0.2, 0) is 15.1 Å². The van der Waals surface area contributed by atoms with E-state index in [1.54, 1.807) is 11.3 Å². The molecule has 0 spiro atoms. The second-order valence-electron chi connectivity index (χ2n) is 7.43. The van der Waals surface area contributed by atoms with Crippen molar-refractivity contribution in [2.24, 2.45) is 5.41 Å². The molecule has 4 heteroatoms. The van der Waals surface area contributed by atoms with Crippen LogP contribution in [0.3, 0.4) is 0 Å². The van der Waals surface area contributed by atoms with Gasteiger partial charge in [0.15, 0.2) is 5.60 Å². The largest absolute Gasteiger partial charge is 0.456 e. The third-order valence-electron chi connectivity index (χ3n) is 4.54. The molecule has 0 amide bonds. The lowest BCUT2D eigenvalue weighted by molar-refractivity contribution is -0.163. The molecule has 0 atom stereocenters. The van der Waals surface area contributed by atoms with Crippen LogP contribution < -0.4 is 4.74 Å². The van der Waals surface area contributed by atoms with Crippen LogP contribution in [-0.4, -0.2) is 5.97 Å². The zero-order valence-electron chi connectivity index (χ0n) is 15.0. The van der Waals surface area contributed by atoms with Gasteiger partial charge in [-0.25, -0.2) is 0 Å². The van der Waals surface area contributed by atoms with Gasteiger partial charge in [0, 0.05) is 16.7 Å². The molecule has 0 fully saturated rings. The summed E-state index contributed by atoms with van der Waals surface area (Å²) < 4.78 is 12.4. The summed E-state index contributed by atoms with van der Waals surface area (Å²) in [5, 5.41) is 4.04. The van der Waals surface area contributed by atoms with Crippen molar-refractivity contribution in [3.05, 3.63) is 82.0 Å². The summed E-state index contributed by atoms with van der Waals surface area (Å²) in [6, 6.07) is 17.5. The Morgan fingerprint density at radius 3 is 2.04 bits per heavy atom. The lowest BCUT2D eigenvalue weighted by atomic mass is 9.78. The van der Waals surface area contributed by atoms with Gasteiger partial charge >= 0.3 is 5.97 Å². The maximum absolute atomic E-state index is 13.0. The van der Waals surface area contributed by atoms with E-state index in [1.807, 2.05) is 86.1 Å². The van der Waals surface area contributed by atoms with Gasteiger partial charge in [-0.2, -0.15) is 11.3 Å². The molecule has 2 aromatic carbocycles. The Labute approximate surface area is 157 Å². The van der Waals surface area contributed by atoms with E-state index in [0.717, 1.165) is 16.7 Å². The smallest absolute Gasteiger partial charge is 0.312 e. The lowest BCUT2D eigenvalue weighted by Gasteiger charge is -2.40. The summed E-state index contributed by atoms with van der Waals surface area (Å²) in [5.41, 5.74) is 0.980. The number of para-hydroxylation sites is 2. The number of carbonyl (C=O) groups is 1. The van der Waals surface area contributed by atoms with E-state index in [9.17, 15) is 4.79 Å². The molecule has 0 unspecified atom stereocenters.